The average molecular weight is 693 g/mol. The Bertz CT molecular complexity index is 2900. The van der Waals surface area contributed by atoms with Crippen LogP contribution in [0.15, 0.2) is 183 Å². The number of aromatic nitrogens is 5. The summed E-state index contributed by atoms with van der Waals surface area (Å²) in [4.78, 5) is 23.6. The molecule has 0 radical (unpaired) electrons. The number of allylic oxidation sites excluding steroid dienone is 2. The second kappa shape index (κ2) is 13.3. The third-order valence-corrected chi connectivity index (χ3v) is 10.1. The lowest BCUT2D eigenvalue weighted by Gasteiger charge is -2.23. The minimum absolute atomic E-state index is 0.0583. The van der Waals surface area contributed by atoms with Gasteiger partial charge in [0.05, 0.1) is 40.2 Å². The fraction of sp³-hybridized carbons (Fsp3) is 0.0208. The number of hydrogen-bond donors (Lipinski definition) is 1. The molecule has 6 nitrogen and oxygen atoms in total. The highest BCUT2D eigenvalue weighted by molar-refractivity contribution is 6.26. The van der Waals surface area contributed by atoms with Crippen LogP contribution in [0.5, 0.6) is 0 Å². The number of dihydropyridines is 1. The number of nitrogens with one attached hydrogen (secondary N) is 1. The molecule has 0 aliphatic carbocycles. The van der Waals surface area contributed by atoms with E-state index in [2.05, 4.69) is 118 Å². The summed E-state index contributed by atoms with van der Waals surface area (Å²) in [6.07, 6.45) is 13.7. The van der Waals surface area contributed by atoms with Gasteiger partial charge in [0.25, 0.3) is 0 Å². The molecule has 9 aromatic rings. The van der Waals surface area contributed by atoms with Gasteiger partial charge in [-0.15, -0.1) is 0 Å². The lowest BCUT2D eigenvalue weighted by Crippen LogP contribution is -2.21. The van der Waals surface area contributed by atoms with Crippen molar-refractivity contribution in [1.29, 1.82) is 0 Å². The zero-order valence-electron chi connectivity index (χ0n) is 29.1. The molecular weight excluding hydrogens is 661 g/mol. The number of benzene rings is 4. The third kappa shape index (κ3) is 5.76. The third-order valence-electron chi connectivity index (χ3n) is 10.1. The van der Waals surface area contributed by atoms with E-state index in [1.807, 2.05) is 67.0 Å². The van der Waals surface area contributed by atoms with Crippen molar-refractivity contribution in [2.45, 2.75) is 6.04 Å². The fourth-order valence-electron chi connectivity index (χ4n) is 7.45. The van der Waals surface area contributed by atoms with Crippen LogP contribution in [-0.4, -0.2) is 24.9 Å². The van der Waals surface area contributed by atoms with E-state index in [1.165, 1.54) is 32.3 Å². The average Bonchev–Trinajstić information content (AvgIpc) is 3.27. The maximum absolute atomic E-state index is 5.10. The Morgan fingerprint density at radius 2 is 0.944 bits per heavy atom. The van der Waals surface area contributed by atoms with Crippen molar-refractivity contribution in [2.75, 3.05) is 0 Å². The Morgan fingerprint density at radius 3 is 1.57 bits per heavy atom. The van der Waals surface area contributed by atoms with Gasteiger partial charge in [0.1, 0.15) is 0 Å². The Labute approximate surface area is 312 Å². The summed E-state index contributed by atoms with van der Waals surface area (Å²) in [7, 11) is 0. The van der Waals surface area contributed by atoms with Crippen LogP contribution in [0.25, 0.3) is 83.2 Å². The predicted octanol–water partition coefficient (Wildman–Crippen LogP) is 11.0. The van der Waals surface area contributed by atoms with Gasteiger partial charge in [-0.3, -0.25) is 15.0 Å². The molecule has 0 fully saturated rings. The second-order valence-corrected chi connectivity index (χ2v) is 13.4. The SMILES string of the molecule is C1=CC(c2cccc(-c3cccnc3)n2)NC(c2ccc3c4ccc(-c5cccc(-c6cccc(-c7cccnc7)n6)n5)cc4c4ccccc4c3c2)=C1. The summed E-state index contributed by atoms with van der Waals surface area (Å²) in [5, 5.41) is 11.0. The summed E-state index contributed by atoms with van der Waals surface area (Å²) in [6, 6.07) is 48.4. The van der Waals surface area contributed by atoms with E-state index in [4.69, 9.17) is 15.0 Å². The van der Waals surface area contributed by atoms with Crippen LogP contribution in [0, 0.1) is 0 Å². The molecule has 1 N–H and O–H groups in total. The molecule has 4 aromatic carbocycles. The Morgan fingerprint density at radius 1 is 0.407 bits per heavy atom. The molecule has 0 bridgehead atoms. The van der Waals surface area contributed by atoms with Gasteiger partial charge in [-0.2, -0.15) is 0 Å². The van der Waals surface area contributed by atoms with Crippen LogP contribution in [0.3, 0.4) is 0 Å². The van der Waals surface area contributed by atoms with Gasteiger partial charge in [0, 0.05) is 47.2 Å². The van der Waals surface area contributed by atoms with Crippen LogP contribution in [-0.2, 0) is 0 Å². The fourth-order valence-corrected chi connectivity index (χ4v) is 7.45. The number of rotatable bonds is 6. The molecule has 254 valence electrons. The van der Waals surface area contributed by atoms with Gasteiger partial charge in [-0.1, -0.05) is 78.9 Å². The highest BCUT2D eigenvalue weighted by atomic mass is 15.0. The second-order valence-electron chi connectivity index (χ2n) is 13.4. The van der Waals surface area contributed by atoms with Gasteiger partial charge in [-0.05, 0) is 117 Å². The van der Waals surface area contributed by atoms with E-state index in [1.54, 1.807) is 12.4 Å². The summed E-state index contributed by atoms with van der Waals surface area (Å²) in [5.74, 6) is 0. The van der Waals surface area contributed by atoms with Crippen molar-refractivity contribution in [3.63, 3.8) is 0 Å². The molecule has 6 heteroatoms. The van der Waals surface area contributed by atoms with Gasteiger partial charge < -0.3 is 5.32 Å². The topological polar surface area (TPSA) is 76.5 Å². The highest BCUT2D eigenvalue weighted by Crippen LogP contribution is 2.39. The smallest absolute Gasteiger partial charge is 0.0893 e. The summed E-state index contributed by atoms with van der Waals surface area (Å²) in [5.41, 5.74) is 10.5. The highest BCUT2D eigenvalue weighted by Gasteiger charge is 2.18. The Hall–Kier alpha value is -7.31. The molecule has 0 saturated carbocycles. The largest absolute Gasteiger partial charge is 0.373 e. The van der Waals surface area contributed by atoms with Crippen LogP contribution >= 0.6 is 0 Å². The van der Waals surface area contributed by atoms with Crippen molar-refractivity contribution in [3.05, 3.63) is 194 Å². The molecule has 0 amide bonds. The standard InChI is InChI=1S/C48H32N6/c1-2-12-36-35(11-1)39-27-31(41-13-3-17-45(51-41)47-19-5-15-43(53-47)33-9-7-25-49-29-33)21-23-37(39)38-24-22-32(28-40(36)38)42-14-4-18-46(52-42)48-20-6-16-44(54-48)34-10-8-26-50-30-34/h1-30,45,51H. The normalized spacial score (nSPS) is 13.9. The van der Waals surface area contributed by atoms with Crippen LogP contribution in [0.1, 0.15) is 17.3 Å². The Kier molecular flexibility index (Phi) is 7.77. The number of fused-ring (bicyclic) bond motifs is 6. The summed E-state index contributed by atoms with van der Waals surface area (Å²) < 4.78 is 0. The van der Waals surface area contributed by atoms with E-state index in [-0.39, 0.29) is 6.04 Å². The summed E-state index contributed by atoms with van der Waals surface area (Å²) >= 11 is 0. The molecule has 1 aliphatic rings. The first-order valence-electron chi connectivity index (χ1n) is 18.0. The molecule has 1 atom stereocenters. The van der Waals surface area contributed by atoms with E-state index in [9.17, 15) is 0 Å². The number of nitrogens with zero attached hydrogens (tertiary/aromatic N) is 5. The molecule has 1 aliphatic heterocycles. The molecule has 6 heterocycles. The molecule has 54 heavy (non-hydrogen) atoms. The molecular formula is C48H32N6. The van der Waals surface area contributed by atoms with Gasteiger partial charge >= 0.3 is 0 Å². The maximum atomic E-state index is 5.10. The molecule has 1 unspecified atom stereocenters. The zero-order valence-corrected chi connectivity index (χ0v) is 29.1. The van der Waals surface area contributed by atoms with Crippen LogP contribution in [0.2, 0.25) is 0 Å². The van der Waals surface area contributed by atoms with Crippen LogP contribution in [0.4, 0.5) is 0 Å². The lowest BCUT2D eigenvalue weighted by molar-refractivity contribution is 0.738. The molecule has 5 aromatic heterocycles. The van der Waals surface area contributed by atoms with E-state index in [0.29, 0.717) is 0 Å². The minimum Gasteiger partial charge on any atom is -0.373 e. The van der Waals surface area contributed by atoms with Crippen molar-refractivity contribution < 1.29 is 0 Å². The van der Waals surface area contributed by atoms with Crippen molar-refractivity contribution in [2.24, 2.45) is 0 Å². The van der Waals surface area contributed by atoms with Crippen molar-refractivity contribution >= 4 is 38.0 Å². The summed E-state index contributed by atoms with van der Waals surface area (Å²) in [6.45, 7) is 0. The first-order chi connectivity index (χ1) is 26.7. The first kappa shape index (κ1) is 31.4. The number of pyridine rings is 5. The minimum atomic E-state index is -0.0583. The van der Waals surface area contributed by atoms with Gasteiger partial charge in [0.2, 0.25) is 0 Å². The quantitative estimate of drug-likeness (QED) is 0.175. The lowest BCUT2D eigenvalue weighted by atomic mass is 9.91. The molecule has 0 spiro atoms. The van der Waals surface area contributed by atoms with E-state index >= 15 is 0 Å². The number of hydrogen-bond acceptors (Lipinski definition) is 6. The molecule has 0 saturated heterocycles. The van der Waals surface area contributed by atoms with Crippen molar-refractivity contribution in [3.8, 4) is 45.2 Å². The zero-order chi connectivity index (χ0) is 35.8. The van der Waals surface area contributed by atoms with Gasteiger partial charge in [-0.25, -0.2) is 9.97 Å². The Balaban J connectivity index is 1.00. The predicted molar refractivity (Wildman–Crippen MR) is 219 cm³/mol. The van der Waals surface area contributed by atoms with Crippen LogP contribution < -0.4 is 5.32 Å². The maximum Gasteiger partial charge on any atom is 0.0893 e. The van der Waals surface area contributed by atoms with E-state index < -0.39 is 0 Å². The monoisotopic (exact) mass is 692 g/mol. The van der Waals surface area contributed by atoms with Gasteiger partial charge in [0.15, 0.2) is 0 Å². The first-order valence-corrected chi connectivity index (χ1v) is 18.0. The van der Waals surface area contributed by atoms with Crippen molar-refractivity contribution in [1.82, 2.24) is 30.2 Å². The van der Waals surface area contributed by atoms with E-state index in [0.717, 1.165) is 62.1 Å². The molecule has 10 rings (SSSR count).